The SMILES string of the molecule is Nc1ccc(C(CCCCCCCC(=O)O)(C(=O)O)c2ccc(C=CC(=O)c3ccccc3)cc2)c(N)c1. The number of carboxylic acid groups (broad SMARTS) is 2. The van der Waals surface area contributed by atoms with Crippen LogP contribution in [0.5, 0.6) is 0 Å². The Labute approximate surface area is 222 Å². The monoisotopic (exact) mass is 514 g/mol. The van der Waals surface area contributed by atoms with E-state index in [1.165, 1.54) is 6.08 Å². The lowest BCUT2D eigenvalue weighted by molar-refractivity contribution is -0.142. The van der Waals surface area contributed by atoms with E-state index in [2.05, 4.69) is 0 Å². The van der Waals surface area contributed by atoms with Crippen LogP contribution in [0.25, 0.3) is 6.08 Å². The number of allylic oxidation sites excluding steroid dienone is 1. The Balaban J connectivity index is 1.85. The van der Waals surface area contributed by atoms with Gasteiger partial charge in [-0.25, -0.2) is 0 Å². The predicted octanol–water partition coefficient (Wildman–Crippen LogP) is 5.93. The average Bonchev–Trinajstić information content (AvgIpc) is 2.90. The second-order valence-corrected chi connectivity index (χ2v) is 9.40. The van der Waals surface area contributed by atoms with Gasteiger partial charge >= 0.3 is 11.9 Å². The summed E-state index contributed by atoms with van der Waals surface area (Å²) >= 11 is 0. The van der Waals surface area contributed by atoms with Gasteiger partial charge in [0.15, 0.2) is 5.78 Å². The number of rotatable bonds is 14. The van der Waals surface area contributed by atoms with Crippen LogP contribution in [0, 0.1) is 0 Å². The molecule has 0 amide bonds. The number of hydrogen-bond acceptors (Lipinski definition) is 5. The number of carbonyl (C=O) groups excluding carboxylic acids is 1. The Bertz CT molecular complexity index is 1290. The molecule has 0 saturated heterocycles. The zero-order valence-electron chi connectivity index (χ0n) is 21.3. The molecule has 3 aromatic rings. The molecular formula is C31H34N2O5. The average molecular weight is 515 g/mol. The molecule has 0 heterocycles. The Morgan fingerprint density at radius 2 is 1.45 bits per heavy atom. The highest BCUT2D eigenvalue weighted by atomic mass is 16.4. The second kappa shape index (κ2) is 13.2. The largest absolute Gasteiger partial charge is 0.481 e. The van der Waals surface area contributed by atoms with E-state index < -0.39 is 17.4 Å². The molecule has 0 aliphatic heterocycles. The molecule has 198 valence electrons. The first-order valence-corrected chi connectivity index (χ1v) is 12.7. The van der Waals surface area contributed by atoms with Gasteiger partial charge in [0.1, 0.15) is 5.41 Å². The van der Waals surface area contributed by atoms with Gasteiger partial charge < -0.3 is 21.7 Å². The summed E-state index contributed by atoms with van der Waals surface area (Å²) in [7, 11) is 0. The lowest BCUT2D eigenvalue weighted by Crippen LogP contribution is -2.38. The third-order valence-electron chi connectivity index (χ3n) is 6.73. The maximum atomic E-state index is 12.9. The third-order valence-corrected chi connectivity index (χ3v) is 6.73. The van der Waals surface area contributed by atoms with Crippen LogP contribution in [0.4, 0.5) is 11.4 Å². The van der Waals surface area contributed by atoms with Crippen molar-refractivity contribution in [2.24, 2.45) is 0 Å². The van der Waals surface area contributed by atoms with Crippen molar-refractivity contribution in [3.05, 3.63) is 101 Å². The van der Waals surface area contributed by atoms with E-state index in [1.54, 1.807) is 72.8 Å². The van der Waals surface area contributed by atoms with Gasteiger partial charge in [0, 0.05) is 23.4 Å². The van der Waals surface area contributed by atoms with Crippen molar-refractivity contribution in [1.82, 2.24) is 0 Å². The number of nitrogens with two attached hydrogens (primary N) is 2. The maximum Gasteiger partial charge on any atom is 0.318 e. The van der Waals surface area contributed by atoms with Crippen molar-refractivity contribution >= 4 is 35.2 Å². The van der Waals surface area contributed by atoms with Crippen molar-refractivity contribution in [3.63, 3.8) is 0 Å². The number of unbranched alkanes of at least 4 members (excludes halogenated alkanes) is 4. The number of ketones is 1. The fourth-order valence-electron chi connectivity index (χ4n) is 4.70. The topological polar surface area (TPSA) is 144 Å². The van der Waals surface area contributed by atoms with E-state index >= 15 is 0 Å². The number of carbonyl (C=O) groups is 3. The zero-order valence-corrected chi connectivity index (χ0v) is 21.3. The van der Waals surface area contributed by atoms with Crippen molar-refractivity contribution in [2.75, 3.05) is 11.5 Å². The van der Waals surface area contributed by atoms with E-state index in [4.69, 9.17) is 16.6 Å². The molecule has 0 aliphatic carbocycles. The first-order valence-electron chi connectivity index (χ1n) is 12.7. The normalized spacial score (nSPS) is 12.7. The highest BCUT2D eigenvalue weighted by Gasteiger charge is 2.43. The molecule has 0 spiro atoms. The summed E-state index contributed by atoms with van der Waals surface area (Å²) < 4.78 is 0. The lowest BCUT2D eigenvalue weighted by Gasteiger charge is -2.32. The van der Waals surface area contributed by atoms with Crippen LogP contribution in [0.15, 0.2) is 78.9 Å². The summed E-state index contributed by atoms with van der Waals surface area (Å²) in [4.78, 5) is 36.1. The quantitative estimate of drug-likeness (QED) is 0.0903. The molecule has 0 saturated carbocycles. The van der Waals surface area contributed by atoms with Gasteiger partial charge in [0.25, 0.3) is 0 Å². The number of anilines is 2. The molecule has 3 aromatic carbocycles. The van der Waals surface area contributed by atoms with E-state index in [9.17, 15) is 19.5 Å². The maximum absolute atomic E-state index is 12.9. The molecule has 0 aromatic heterocycles. The van der Waals surface area contributed by atoms with E-state index in [0.717, 1.165) is 24.8 Å². The lowest BCUT2D eigenvalue weighted by atomic mass is 9.70. The summed E-state index contributed by atoms with van der Waals surface area (Å²) in [6.07, 6.45) is 7.25. The molecule has 0 radical (unpaired) electrons. The Morgan fingerprint density at radius 1 is 0.789 bits per heavy atom. The minimum Gasteiger partial charge on any atom is -0.481 e. The summed E-state index contributed by atoms with van der Waals surface area (Å²) in [6.45, 7) is 0. The van der Waals surface area contributed by atoms with Gasteiger partial charge in [-0.15, -0.1) is 0 Å². The molecule has 7 heteroatoms. The minimum atomic E-state index is -1.39. The number of carboxylic acids is 2. The van der Waals surface area contributed by atoms with Crippen LogP contribution in [-0.4, -0.2) is 27.9 Å². The van der Waals surface area contributed by atoms with Crippen LogP contribution >= 0.6 is 0 Å². The first-order chi connectivity index (χ1) is 18.2. The Morgan fingerprint density at radius 3 is 2.08 bits per heavy atom. The van der Waals surface area contributed by atoms with Crippen LogP contribution in [0.2, 0.25) is 0 Å². The fraction of sp³-hybridized carbons (Fsp3) is 0.258. The van der Waals surface area contributed by atoms with Crippen LogP contribution < -0.4 is 11.5 Å². The molecule has 0 fully saturated rings. The van der Waals surface area contributed by atoms with Gasteiger partial charge in [0.2, 0.25) is 0 Å². The van der Waals surface area contributed by atoms with Crippen LogP contribution in [0.1, 0.15) is 72.0 Å². The highest BCUT2D eigenvalue weighted by molar-refractivity contribution is 6.06. The van der Waals surface area contributed by atoms with Gasteiger partial charge in [-0.1, -0.05) is 92.4 Å². The van der Waals surface area contributed by atoms with Gasteiger partial charge in [-0.3, -0.25) is 14.4 Å². The molecule has 0 bridgehead atoms. The number of benzene rings is 3. The molecule has 1 unspecified atom stereocenters. The molecule has 1 atom stereocenters. The van der Waals surface area contributed by atoms with Crippen LogP contribution in [-0.2, 0) is 15.0 Å². The molecule has 7 nitrogen and oxygen atoms in total. The number of nitrogen functional groups attached to an aromatic ring is 2. The standard InChI is InChI=1S/C31H34N2O5/c32-25-17-18-26(27(33)21-25)31(30(37)38,20-8-3-1-2-7-11-29(35)36)24-15-12-22(13-16-24)14-19-28(34)23-9-5-4-6-10-23/h4-6,9-10,12-19,21H,1-3,7-8,11,20,32-33H2,(H,35,36)(H,37,38). The number of hydrogen-bond donors (Lipinski definition) is 4. The summed E-state index contributed by atoms with van der Waals surface area (Å²) in [6, 6.07) is 21.0. The minimum absolute atomic E-state index is 0.118. The van der Waals surface area contributed by atoms with Crippen molar-refractivity contribution in [3.8, 4) is 0 Å². The van der Waals surface area contributed by atoms with Crippen LogP contribution in [0.3, 0.4) is 0 Å². The molecule has 38 heavy (non-hydrogen) atoms. The molecular weight excluding hydrogens is 480 g/mol. The zero-order chi connectivity index (χ0) is 27.5. The Kier molecular flexibility index (Phi) is 9.82. The highest BCUT2D eigenvalue weighted by Crippen LogP contribution is 2.41. The predicted molar refractivity (Wildman–Crippen MR) is 150 cm³/mol. The fourth-order valence-corrected chi connectivity index (χ4v) is 4.70. The van der Waals surface area contributed by atoms with Crippen molar-refractivity contribution in [2.45, 2.75) is 50.4 Å². The molecule has 6 N–H and O–H groups in total. The number of aliphatic carboxylic acids is 2. The Hall–Kier alpha value is -4.39. The summed E-state index contributed by atoms with van der Waals surface area (Å²) in [5.41, 5.74) is 14.0. The van der Waals surface area contributed by atoms with E-state index in [0.29, 0.717) is 47.3 Å². The smallest absolute Gasteiger partial charge is 0.318 e. The van der Waals surface area contributed by atoms with Crippen molar-refractivity contribution < 1.29 is 24.6 Å². The third kappa shape index (κ3) is 7.09. The summed E-state index contributed by atoms with van der Waals surface area (Å²) in [5.74, 6) is -1.94. The second-order valence-electron chi connectivity index (χ2n) is 9.40. The van der Waals surface area contributed by atoms with E-state index in [1.807, 2.05) is 6.07 Å². The van der Waals surface area contributed by atoms with E-state index in [-0.39, 0.29) is 12.2 Å². The summed E-state index contributed by atoms with van der Waals surface area (Å²) in [5, 5.41) is 19.4. The molecule has 3 rings (SSSR count). The van der Waals surface area contributed by atoms with Gasteiger partial charge in [-0.2, -0.15) is 0 Å². The first kappa shape index (κ1) is 28.2. The van der Waals surface area contributed by atoms with Gasteiger partial charge in [0.05, 0.1) is 0 Å². The van der Waals surface area contributed by atoms with Crippen molar-refractivity contribution in [1.29, 1.82) is 0 Å². The van der Waals surface area contributed by atoms with Gasteiger partial charge in [-0.05, 0) is 47.7 Å². The molecule has 0 aliphatic rings.